The summed E-state index contributed by atoms with van der Waals surface area (Å²) in [4.78, 5) is 21.9. The van der Waals surface area contributed by atoms with Crippen molar-refractivity contribution in [3.63, 3.8) is 0 Å². The van der Waals surface area contributed by atoms with Gasteiger partial charge < -0.3 is 9.88 Å². The molecular weight excluding hydrogens is 381 g/mol. The molecule has 0 spiro atoms. The van der Waals surface area contributed by atoms with E-state index >= 15 is 0 Å². The second-order valence-corrected chi connectivity index (χ2v) is 7.60. The molecule has 2 aromatic carbocycles. The number of aromatic amines is 1. The molecule has 1 aliphatic heterocycles. The van der Waals surface area contributed by atoms with E-state index in [-0.39, 0.29) is 17.3 Å². The number of aliphatic imine (C=N–C) groups is 1. The SMILES string of the molecule is CC(Cc1ccc(-c2ccc3cccc(F)c3c2)[nH]c1=O)CN1CCN=C1NC#N. The highest BCUT2D eigenvalue weighted by molar-refractivity contribution is 5.87. The number of aromatic nitrogens is 1. The number of nitriles is 1. The van der Waals surface area contributed by atoms with Gasteiger partial charge in [-0.1, -0.05) is 37.3 Å². The van der Waals surface area contributed by atoms with Crippen LogP contribution in [0.2, 0.25) is 0 Å². The van der Waals surface area contributed by atoms with E-state index in [1.807, 2.05) is 41.4 Å². The van der Waals surface area contributed by atoms with Gasteiger partial charge in [0.2, 0.25) is 5.96 Å². The Morgan fingerprint density at radius 3 is 2.97 bits per heavy atom. The number of fused-ring (bicyclic) bond motifs is 1. The van der Waals surface area contributed by atoms with Crippen LogP contribution in [0.1, 0.15) is 12.5 Å². The Bertz CT molecular complexity index is 1210. The van der Waals surface area contributed by atoms with Gasteiger partial charge in [-0.05, 0) is 41.5 Å². The molecule has 0 fully saturated rings. The molecule has 0 aliphatic carbocycles. The van der Waals surface area contributed by atoms with E-state index in [1.54, 1.807) is 12.1 Å². The molecule has 0 radical (unpaired) electrons. The standard InChI is InChI=1S/C23H22FN5O/c1-15(13-29-10-9-26-23(29)27-14-25)11-18-7-8-21(28-22(18)30)17-6-5-16-3-2-4-20(24)19(16)12-17/h2-8,12,15H,9-11,13H2,1H3,(H,26,27)(H,28,30). The van der Waals surface area contributed by atoms with Gasteiger partial charge in [0.1, 0.15) is 5.82 Å². The Hall–Kier alpha value is -3.66. The number of hydrogen-bond acceptors (Lipinski definition) is 5. The maximum atomic E-state index is 14.1. The smallest absolute Gasteiger partial charge is 0.251 e. The summed E-state index contributed by atoms with van der Waals surface area (Å²) in [5, 5.41) is 12.8. The van der Waals surface area contributed by atoms with Crippen molar-refractivity contribution in [3.8, 4) is 17.5 Å². The average Bonchev–Trinajstić information content (AvgIpc) is 3.16. The molecule has 6 nitrogen and oxygen atoms in total. The molecule has 0 amide bonds. The molecule has 4 rings (SSSR count). The van der Waals surface area contributed by atoms with E-state index in [2.05, 4.69) is 22.2 Å². The molecule has 0 saturated carbocycles. The normalized spacial score (nSPS) is 14.4. The van der Waals surface area contributed by atoms with Crippen molar-refractivity contribution in [1.29, 1.82) is 5.26 Å². The molecule has 1 aromatic heterocycles. The molecule has 0 saturated heterocycles. The first-order chi connectivity index (χ1) is 14.5. The average molecular weight is 403 g/mol. The van der Waals surface area contributed by atoms with Gasteiger partial charge in [-0.3, -0.25) is 15.1 Å². The van der Waals surface area contributed by atoms with Crippen LogP contribution in [0.5, 0.6) is 0 Å². The predicted molar refractivity (Wildman–Crippen MR) is 115 cm³/mol. The van der Waals surface area contributed by atoms with Crippen molar-refractivity contribution in [3.05, 3.63) is 70.3 Å². The molecule has 152 valence electrons. The van der Waals surface area contributed by atoms with Gasteiger partial charge in [0.15, 0.2) is 6.19 Å². The zero-order chi connectivity index (χ0) is 21.1. The van der Waals surface area contributed by atoms with Gasteiger partial charge >= 0.3 is 0 Å². The van der Waals surface area contributed by atoms with Crippen LogP contribution in [-0.4, -0.2) is 35.5 Å². The second-order valence-electron chi connectivity index (χ2n) is 7.60. The second kappa shape index (κ2) is 8.37. The fourth-order valence-electron chi connectivity index (χ4n) is 3.88. The zero-order valence-electron chi connectivity index (χ0n) is 16.7. The van der Waals surface area contributed by atoms with Crippen molar-refractivity contribution in [2.24, 2.45) is 10.9 Å². The summed E-state index contributed by atoms with van der Waals surface area (Å²) in [6, 6.07) is 14.2. The van der Waals surface area contributed by atoms with E-state index in [9.17, 15) is 9.18 Å². The lowest BCUT2D eigenvalue weighted by Gasteiger charge is -2.23. The molecular formula is C23H22FN5O. The van der Waals surface area contributed by atoms with Crippen LogP contribution in [0.4, 0.5) is 4.39 Å². The lowest BCUT2D eigenvalue weighted by molar-refractivity contribution is 0.368. The van der Waals surface area contributed by atoms with E-state index in [0.29, 0.717) is 42.1 Å². The minimum absolute atomic E-state index is 0.140. The topological polar surface area (TPSA) is 84.3 Å². The van der Waals surface area contributed by atoms with Gasteiger partial charge in [0.05, 0.1) is 6.54 Å². The van der Waals surface area contributed by atoms with E-state index in [1.165, 1.54) is 6.07 Å². The number of nitrogens with zero attached hydrogens (tertiary/aromatic N) is 3. The van der Waals surface area contributed by atoms with Crippen LogP contribution in [0.25, 0.3) is 22.0 Å². The zero-order valence-corrected chi connectivity index (χ0v) is 16.7. The van der Waals surface area contributed by atoms with Gasteiger partial charge in [0.25, 0.3) is 5.56 Å². The number of H-pyrrole nitrogens is 1. The Kier molecular flexibility index (Phi) is 5.48. The summed E-state index contributed by atoms with van der Waals surface area (Å²) < 4.78 is 14.1. The van der Waals surface area contributed by atoms with Crippen molar-refractivity contribution < 1.29 is 4.39 Å². The Labute approximate surface area is 173 Å². The molecule has 3 aromatic rings. The fourth-order valence-corrected chi connectivity index (χ4v) is 3.88. The molecule has 2 N–H and O–H groups in total. The number of nitrogens with one attached hydrogen (secondary N) is 2. The number of hydrogen-bond donors (Lipinski definition) is 2. The molecule has 1 atom stereocenters. The van der Waals surface area contributed by atoms with Crippen molar-refractivity contribution in [2.45, 2.75) is 13.3 Å². The van der Waals surface area contributed by atoms with Crippen molar-refractivity contribution in [2.75, 3.05) is 19.6 Å². The van der Waals surface area contributed by atoms with Crippen LogP contribution in [0.15, 0.2) is 58.3 Å². The maximum absolute atomic E-state index is 14.1. The Morgan fingerprint density at radius 2 is 2.17 bits per heavy atom. The fraction of sp³-hybridized carbons (Fsp3) is 0.261. The number of pyridine rings is 1. The molecule has 30 heavy (non-hydrogen) atoms. The van der Waals surface area contributed by atoms with Gasteiger partial charge in [-0.25, -0.2) is 4.39 Å². The molecule has 7 heteroatoms. The molecule has 1 unspecified atom stereocenters. The molecule has 2 heterocycles. The van der Waals surface area contributed by atoms with Crippen LogP contribution >= 0.6 is 0 Å². The van der Waals surface area contributed by atoms with Crippen LogP contribution in [-0.2, 0) is 6.42 Å². The highest BCUT2D eigenvalue weighted by Gasteiger charge is 2.19. The van der Waals surface area contributed by atoms with Crippen LogP contribution in [0, 0.1) is 23.2 Å². The number of halogens is 1. The highest BCUT2D eigenvalue weighted by Crippen LogP contribution is 2.24. The summed E-state index contributed by atoms with van der Waals surface area (Å²) in [5.41, 5.74) is 1.99. The van der Waals surface area contributed by atoms with Crippen LogP contribution < -0.4 is 10.9 Å². The monoisotopic (exact) mass is 403 g/mol. The summed E-state index contributed by atoms with van der Waals surface area (Å²) >= 11 is 0. The molecule has 0 bridgehead atoms. The summed E-state index contributed by atoms with van der Waals surface area (Å²) in [6.07, 6.45) is 2.52. The molecule has 1 aliphatic rings. The van der Waals surface area contributed by atoms with Gasteiger partial charge in [0, 0.05) is 29.7 Å². The third-order valence-electron chi connectivity index (χ3n) is 5.33. The van der Waals surface area contributed by atoms with Gasteiger partial charge in [-0.2, -0.15) is 5.26 Å². The van der Waals surface area contributed by atoms with E-state index < -0.39 is 0 Å². The predicted octanol–water partition coefficient (Wildman–Crippen LogP) is 3.26. The van der Waals surface area contributed by atoms with Gasteiger partial charge in [-0.15, -0.1) is 0 Å². The number of rotatable bonds is 5. The first-order valence-electron chi connectivity index (χ1n) is 9.90. The first kappa shape index (κ1) is 19.6. The third-order valence-corrected chi connectivity index (χ3v) is 5.33. The number of benzene rings is 2. The third kappa shape index (κ3) is 4.03. The lowest BCUT2D eigenvalue weighted by atomic mass is 10.00. The van der Waals surface area contributed by atoms with E-state index in [4.69, 9.17) is 5.26 Å². The van der Waals surface area contributed by atoms with Crippen LogP contribution in [0.3, 0.4) is 0 Å². The lowest BCUT2D eigenvalue weighted by Crippen LogP contribution is -2.39. The summed E-state index contributed by atoms with van der Waals surface area (Å²) in [5.74, 6) is 0.519. The van der Waals surface area contributed by atoms with Crippen molar-refractivity contribution in [1.82, 2.24) is 15.2 Å². The van der Waals surface area contributed by atoms with E-state index in [0.717, 1.165) is 17.5 Å². The number of guanidine groups is 1. The largest absolute Gasteiger partial charge is 0.340 e. The minimum atomic E-state index is -0.280. The minimum Gasteiger partial charge on any atom is -0.340 e. The highest BCUT2D eigenvalue weighted by atomic mass is 19.1. The Balaban J connectivity index is 1.50. The summed E-state index contributed by atoms with van der Waals surface area (Å²) in [6.45, 7) is 4.21. The Morgan fingerprint density at radius 1 is 1.30 bits per heavy atom. The maximum Gasteiger partial charge on any atom is 0.251 e. The first-order valence-corrected chi connectivity index (χ1v) is 9.90. The summed E-state index contributed by atoms with van der Waals surface area (Å²) in [7, 11) is 0. The van der Waals surface area contributed by atoms with Crippen molar-refractivity contribution >= 4 is 16.7 Å². The quantitative estimate of drug-likeness (QED) is 0.506.